The quantitative estimate of drug-likeness (QED) is 0.695. The highest BCUT2D eigenvalue weighted by Gasteiger charge is 2.30. The van der Waals surface area contributed by atoms with E-state index in [-0.39, 0.29) is 18.9 Å². The molecular weight excluding hydrogens is 371 g/mol. The number of hydrogen-bond acceptors (Lipinski definition) is 3. The summed E-state index contributed by atoms with van der Waals surface area (Å²) in [6.45, 7) is 4.45. The minimum absolute atomic E-state index is 0.172. The summed E-state index contributed by atoms with van der Waals surface area (Å²) in [4.78, 5) is 12.1. The Hall–Kier alpha value is -3.10. The number of aromatic nitrogens is 4. The fourth-order valence-corrected chi connectivity index (χ4v) is 2.88. The van der Waals surface area contributed by atoms with Crippen LogP contribution >= 0.6 is 0 Å². The second-order valence-corrected chi connectivity index (χ2v) is 6.57. The van der Waals surface area contributed by atoms with Gasteiger partial charge < -0.3 is 5.32 Å². The minimum atomic E-state index is -4.38. The van der Waals surface area contributed by atoms with Crippen LogP contribution in [-0.2, 0) is 24.1 Å². The first-order chi connectivity index (χ1) is 13.2. The molecule has 148 valence electrons. The molecule has 0 spiro atoms. The van der Waals surface area contributed by atoms with Crippen LogP contribution in [0.2, 0.25) is 0 Å². The summed E-state index contributed by atoms with van der Waals surface area (Å²) in [5.74, 6) is -0.189. The van der Waals surface area contributed by atoms with Crippen molar-refractivity contribution < 1.29 is 18.0 Å². The summed E-state index contributed by atoms with van der Waals surface area (Å²) in [5.41, 5.74) is 2.15. The lowest BCUT2D eigenvalue weighted by Crippen LogP contribution is -2.15. The number of benzene rings is 1. The summed E-state index contributed by atoms with van der Waals surface area (Å²) in [6, 6.07) is 7.03. The number of hydrogen-bond donors (Lipinski definition) is 1. The third kappa shape index (κ3) is 4.99. The summed E-state index contributed by atoms with van der Waals surface area (Å²) in [6.07, 6.45) is -1.08. The van der Waals surface area contributed by atoms with Gasteiger partial charge in [-0.05, 0) is 37.6 Å². The number of nitrogens with one attached hydrogen (secondary N) is 1. The minimum Gasteiger partial charge on any atom is -0.323 e. The fourth-order valence-electron chi connectivity index (χ4n) is 2.88. The Morgan fingerprint density at radius 3 is 2.68 bits per heavy atom. The van der Waals surface area contributed by atoms with E-state index in [0.717, 1.165) is 23.5 Å². The highest BCUT2D eigenvalue weighted by Crippen LogP contribution is 2.29. The van der Waals surface area contributed by atoms with E-state index in [4.69, 9.17) is 0 Å². The van der Waals surface area contributed by atoms with Crippen molar-refractivity contribution in [2.75, 3.05) is 5.32 Å². The number of amides is 1. The SMILES string of the molecule is Cc1cc(C)n(CCC(=O)Nc2cnn(Cc3cccc(C(F)(F)F)c3)c2)n1. The highest BCUT2D eigenvalue weighted by molar-refractivity contribution is 5.90. The van der Waals surface area contributed by atoms with Crippen LogP contribution in [0.3, 0.4) is 0 Å². The van der Waals surface area contributed by atoms with Crippen LogP contribution < -0.4 is 5.32 Å². The van der Waals surface area contributed by atoms with Crippen molar-refractivity contribution in [3.63, 3.8) is 0 Å². The van der Waals surface area contributed by atoms with Gasteiger partial charge in [0.2, 0.25) is 5.91 Å². The average Bonchev–Trinajstić information content (AvgIpc) is 3.18. The third-order valence-electron chi connectivity index (χ3n) is 4.17. The van der Waals surface area contributed by atoms with Gasteiger partial charge in [0, 0.05) is 24.9 Å². The first kappa shape index (κ1) is 19.7. The Morgan fingerprint density at radius 2 is 2.00 bits per heavy atom. The normalized spacial score (nSPS) is 11.6. The molecule has 2 heterocycles. The molecule has 0 aliphatic rings. The lowest BCUT2D eigenvalue weighted by atomic mass is 10.1. The lowest BCUT2D eigenvalue weighted by molar-refractivity contribution is -0.137. The zero-order valence-electron chi connectivity index (χ0n) is 15.5. The van der Waals surface area contributed by atoms with Gasteiger partial charge in [0.1, 0.15) is 0 Å². The van der Waals surface area contributed by atoms with Gasteiger partial charge in [0.05, 0.1) is 29.7 Å². The Balaban J connectivity index is 1.57. The van der Waals surface area contributed by atoms with Crippen molar-refractivity contribution in [3.8, 4) is 0 Å². The van der Waals surface area contributed by atoms with E-state index in [1.54, 1.807) is 16.9 Å². The van der Waals surface area contributed by atoms with Crippen molar-refractivity contribution in [1.29, 1.82) is 0 Å². The Bertz CT molecular complexity index is 974. The topological polar surface area (TPSA) is 64.7 Å². The molecule has 0 atom stereocenters. The lowest BCUT2D eigenvalue weighted by Gasteiger charge is -2.08. The molecule has 0 saturated carbocycles. The van der Waals surface area contributed by atoms with Crippen LogP contribution in [0.15, 0.2) is 42.7 Å². The summed E-state index contributed by atoms with van der Waals surface area (Å²) in [5, 5.41) is 11.1. The van der Waals surface area contributed by atoms with Crippen LogP contribution in [0.4, 0.5) is 18.9 Å². The molecule has 28 heavy (non-hydrogen) atoms. The van der Waals surface area contributed by atoms with E-state index in [0.29, 0.717) is 17.8 Å². The molecule has 0 unspecified atom stereocenters. The van der Waals surface area contributed by atoms with Crippen molar-refractivity contribution in [2.45, 2.75) is 39.5 Å². The second kappa shape index (κ2) is 7.87. The van der Waals surface area contributed by atoms with Gasteiger partial charge in [0.15, 0.2) is 0 Å². The second-order valence-electron chi connectivity index (χ2n) is 6.57. The predicted octanol–water partition coefficient (Wildman–Crippen LogP) is 3.79. The van der Waals surface area contributed by atoms with E-state index in [9.17, 15) is 18.0 Å². The zero-order valence-corrected chi connectivity index (χ0v) is 15.5. The van der Waals surface area contributed by atoms with E-state index >= 15 is 0 Å². The number of nitrogens with zero attached hydrogens (tertiary/aromatic N) is 4. The van der Waals surface area contributed by atoms with Crippen LogP contribution in [0.5, 0.6) is 0 Å². The molecule has 0 bridgehead atoms. The van der Waals surface area contributed by atoms with Gasteiger partial charge in [-0.1, -0.05) is 12.1 Å². The first-order valence-electron chi connectivity index (χ1n) is 8.70. The number of carbonyl (C=O) groups is 1. The molecule has 3 rings (SSSR count). The molecule has 2 aromatic heterocycles. The Morgan fingerprint density at radius 1 is 1.21 bits per heavy atom. The van der Waals surface area contributed by atoms with Crippen LogP contribution in [0.1, 0.15) is 28.9 Å². The van der Waals surface area contributed by atoms with E-state index in [1.807, 2.05) is 19.9 Å². The average molecular weight is 391 g/mol. The van der Waals surface area contributed by atoms with Crippen molar-refractivity contribution in [3.05, 3.63) is 65.2 Å². The van der Waals surface area contributed by atoms with Gasteiger partial charge in [-0.2, -0.15) is 23.4 Å². The van der Waals surface area contributed by atoms with Gasteiger partial charge in [-0.3, -0.25) is 14.2 Å². The van der Waals surface area contributed by atoms with E-state index in [2.05, 4.69) is 15.5 Å². The molecule has 1 N–H and O–H groups in total. The standard InChI is InChI=1S/C19H20F3N5O/c1-13-8-14(2)27(25-13)7-6-18(28)24-17-10-23-26(12-17)11-15-4-3-5-16(9-15)19(20,21)22/h3-5,8-10,12H,6-7,11H2,1-2H3,(H,24,28). The highest BCUT2D eigenvalue weighted by atomic mass is 19.4. The largest absolute Gasteiger partial charge is 0.416 e. The molecule has 0 fully saturated rings. The summed E-state index contributed by atoms with van der Waals surface area (Å²) in [7, 11) is 0. The third-order valence-corrected chi connectivity index (χ3v) is 4.17. The maximum absolute atomic E-state index is 12.8. The molecule has 0 aliphatic carbocycles. The van der Waals surface area contributed by atoms with Crippen molar-refractivity contribution >= 4 is 11.6 Å². The number of rotatable bonds is 6. The van der Waals surface area contributed by atoms with Gasteiger partial charge in [-0.25, -0.2) is 0 Å². The first-order valence-corrected chi connectivity index (χ1v) is 8.70. The van der Waals surface area contributed by atoms with Crippen LogP contribution in [-0.4, -0.2) is 25.5 Å². The maximum Gasteiger partial charge on any atom is 0.416 e. The van der Waals surface area contributed by atoms with Gasteiger partial charge >= 0.3 is 6.18 Å². The molecule has 0 radical (unpaired) electrons. The monoisotopic (exact) mass is 391 g/mol. The smallest absolute Gasteiger partial charge is 0.323 e. The van der Waals surface area contributed by atoms with Crippen molar-refractivity contribution in [1.82, 2.24) is 19.6 Å². The molecule has 1 aromatic carbocycles. The Kier molecular flexibility index (Phi) is 5.53. The zero-order chi connectivity index (χ0) is 20.3. The number of halogens is 3. The van der Waals surface area contributed by atoms with E-state index < -0.39 is 11.7 Å². The fraction of sp³-hybridized carbons (Fsp3) is 0.316. The number of anilines is 1. The predicted molar refractivity (Wildman–Crippen MR) is 97.7 cm³/mol. The number of alkyl halides is 3. The maximum atomic E-state index is 12.8. The molecule has 3 aromatic rings. The van der Waals surface area contributed by atoms with Gasteiger partial charge in [-0.15, -0.1) is 0 Å². The molecule has 9 heteroatoms. The molecule has 1 amide bonds. The molecular formula is C19H20F3N5O. The molecule has 0 saturated heterocycles. The van der Waals surface area contributed by atoms with Gasteiger partial charge in [0.25, 0.3) is 0 Å². The number of aryl methyl sites for hydroxylation is 3. The summed E-state index contributed by atoms with van der Waals surface area (Å²) < 4.78 is 41.6. The number of carbonyl (C=O) groups excluding carboxylic acids is 1. The molecule has 0 aliphatic heterocycles. The Labute approximate surface area is 160 Å². The molecule has 6 nitrogen and oxygen atoms in total. The van der Waals surface area contributed by atoms with Crippen LogP contribution in [0, 0.1) is 13.8 Å². The van der Waals surface area contributed by atoms with Crippen LogP contribution in [0.25, 0.3) is 0 Å². The van der Waals surface area contributed by atoms with E-state index in [1.165, 1.54) is 16.9 Å². The van der Waals surface area contributed by atoms with Crippen molar-refractivity contribution in [2.24, 2.45) is 0 Å². The summed E-state index contributed by atoms with van der Waals surface area (Å²) >= 11 is 0.